The van der Waals surface area contributed by atoms with Crippen LogP contribution in [0.5, 0.6) is 0 Å². The molecule has 8 heteroatoms. The number of hydrogen-bond acceptors (Lipinski definition) is 4. The summed E-state index contributed by atoms with van der Waals surface area (Å²) in [5.41, 5.74) is 1.41. The van der Waals surface area contributed by atoms with Gasteiger partial charge in [-0.05, 0) is 46.0 Å². The molecule has 7 nitrogen and oxygen atoms in total. The summed E-state index contributed by atoms with van der Waals surface area (Å²) in [7, 11) is 1.47. The highest BCUT2D eigenvalue weighted by atomic mass is 79.9. The number of amides is 1. The number of anilines is 1. The summed E-state index contributed by atoms with van der Waals surface area (Å²) in [5.74, 6) is -0.561. The van der Waals surface area contributed by atoms with Gasteiger partial charge in [0.15, 0.2) is 5.69 Å². The fourth-order valence-corrected chi connectivity index (χ4v) is 2.16. The van der Waals surface area contributed by atoms with E-state index in [0.29, 0.717) is 16.0 Å². The summed E-state index contributed by atoms with van der Waals surface area (Å²) in [4.78, 5) is 26.5. The molecule has 0 fully saturated rings. The molecule has 1 amide bonds. The molecule has 0 aromatic carbocycles. The van der Waals surface area contributed by atoms with Crippen molar-refractivity contribution in [1.29, 1.82) is 0 Å². The number of carbonyl (C=O) groups is 1. The van der Waals surface area contributed by atoms with Crippen LogP contribution in [0.1, 0.15) is 16.2 Å². The maximum atomic E-state index is 12.1. The van der Waals surface area contributed by atoms with E-state index in [0.717, 1.165) is 0 Å². The summed E-state index contributed by atoms with van der Waals surface area (Å²) in [6.45, 7) is 1.76. The Kier molecular flexibility index (Phi) is 3.84. The zero-order valence-corrected chi connectivity index (χ0v) is 12.3. The van der Waals surface area contributed by atoms with E-state index in [-0.39, 0.29) is 11.5 Å². The van der Waals surface area contributed by atoms with Crippen LogP contribution >= 0.6 is 15.9 Å². The van der Waals surface area contributed by atoms with Crippen molar-refractivity contribution in [2.45, 2.75) is 6.92 Å². The van der Waals surface area contributed by atoms with Crippen LogP contribution in [0.4, 0.5) is 11.5 Å². The summed E-state index contributed by atoms with van der Waals surface area (Å²) >= 11 is 3.24. The monoisotopic (exact) mass is 338 g/mol. The van der Waals surface area contributed by atoms with Crippen molar-refractivity contribution in [2.24, 2.45) is 7.05 Å². The smallest absolute Gasteiger partial charge is 0.323 e. The van der Waals surface area contributed by atoms with E-state index in [9.17, 15) is 14.9 Å². The van der Waals surface area contributed by atoms with Crippen LogP contribution in [-0.2, 0) is 7.05 Å². The molecule has 104 valence electrons. The molecule has 0 aliphatic rings. The van der Waals surface area contributed by atoms with Crippen molar-refractivity contribution < 1.29 is 9.72 Å². The third kappa shape index (κ3) is 2.69. The SMILES string of the molecule is Cc1nc(Br)ccc1NC(=O)c1ccc([N+](=O)[O-])n1C. The molecular weight excluding hydrogens is 328 g/mol. The Morgan fingerprint density at radius 3 is 2.65 bits per heavy atom. The van der Waals surface area contributed by atoms with Gasteiger partial charge in [0.25, 0.3) is 5.91 Å². The van der Waals surface area contributed by atoms with Gasteiger partial charge in [-0.25, -0.2) is 9.55 Å². The number of aryl methyl sites for hydroxylation is 1. The fourth-order valence-electron chi connectivity index (χ4n) is 1.76. The standard InChI is InChI=1S/C12H11BrN4O3/c1-7-8(3-5-10(13)14-7)15-12(18)9-4-6-11(16(9)2)17(19)20/h3-6H,1-2H3,(H,15,18). The number of carbonyl (C=O) groups excluding carboxylic acids is 1. The van der Waals surface area contributed by atoms with Gasteiger partial charge in [-0.1, -0.05) is 0 Å². The van der Waals surface area contributed by atoms with Gasteiger partial charge in [0.05, 0.1) is 18.4 Å². The molecule has 0 saturated heterocycles. The molecule has 0 bridgehead atoms. The summed E-state index contributed by atoms with van der Waals surface area (Å²) in [5, 5.41) is 13.4. The Morgan fingerprint density at radius 2 is 2.10 bits per heavy atom. The molecule has 0 radical (unpaired) electrons. The van der Waals surface area contributed by atoms with Crippen molar-refractivity contribution in [3.8, 4) is 0 Å². The Balaban J connectivity index is 2.26. The van der Waals surface area contributed by atoms with Crippen molar-refractivity contribution in [3.05, 3.63) is 50.4 Å². The van der Waals surface area contributed by atoms with Crippen molar-refractivity contribution >= 4 is 33.3 Å². The first-order chi connectivity index (χ1) is 9.40. The van der Waals surface area contributed by atoms with E-state index in [1.54, 1.807) is 19.1 Å². The number of rotatable bonds is 3. The van der Waals surface area contributed by atoms with Crippen LogP contribution in [0.15, 0.2) is 28.9 Å². The predicted molar refractivity (Wildman–Crippen MR) is 76.7 cm³/mol. The summed E-state index contributed by atoms with van der Waals surface area (Å²) in [6.07, 6.45) is 0. The lowest BCUT2D eigenvalue weighted by Crippen LogP contribution is -2.17. The molecule has 20 heavy (non-hydrogen) atoms. The quantitative estimate of drug-likeness (QED) is 0.529. The normalized spacial score (nSPS) is 10.3. The first-order valence-corrected chi connectivity index (χ1v) is 6.44. The molecule has 2 rings (SSSR count). The molecule has 0 aliphatic heterocycles. The number of nitrogens with zero attached hydrogens (tertiary/aromatic N) is 3. The molecule has 0 unspecified atom stereocenters. The molecule has 0 saturated carbocycles. The van der Waals surface area contributed by atoms with Gasteiger partial charge in [-0.3, -0.25) is 4.79 Å². The van der Waals surface area contributed by atoms with Gasteiger partial charge in [0.1, 0.15) is 4.60 Å². The second kappa shape index (κ2) is 5.41. The molecule has 0 aliphatic carbocycles. The van der Waals surface area contributed by atoms with Crippen LogP contribution in [0.3, 0.4) is 0 Å². The highest BCUT2D eigenvalue weighted by molar-refractivity contribution is 9.10. The van der Waals surface area contributed by atoms with E-state index in [4.69, 9.17) is 0 Å². The van der Waals surface area contributed by atoms with Gasteiger partial charge < -0.3 is 15.4 Å². The molecule has 0 spiro atoms. The molecule has 2 aromatic heterocycles. The Hall–Kier alpha value is -2.22. The largest absolute Gasteiger partial charge is 0.358 e. The van der Waals surface area contributed by atoms with Crippen molar-refractivity contribution in [1.82, 2.24) is 9.55 Å². The van der Waals surface area contributed by atoms with E-state index >= 15 is 0 Å². The van der Waals surface area contributed by atoms with Gasteiger partial charge in [-0.2, -0.15) is 0 Å². The maximum absolute atomic E-state index is 12.1. The zero-order valence-electron chi connectivity index (χ0n) is 10.8. The van der Waals surface area contributed by atoms with Gasteiger partial charge in [0, 0.05) is 6.07 Å². The van der Waals surface area contributed by atoms with Gasteiger partial charge >= 0.3 is 5.82 Å². The van der Waals surface area contributed by atoms with Crippen LogP contribution in [0, 0.1) is 17.0 Å². The minimum absolute atomic E-state index is 0.138. The summed E-state index contributed by atoms with van der Waals surface area (Å²) < 4.78 is 1.90. The molecule has 1 N–H and O–H groups in total. The Bertz CT molecular complexity index is 696. The highest BCUT2D eigenvalue weighted by Gasteiger charge is 2.21. The van der Waals surface area contributed by atoms with Crippen LogP contribution in [0.25, 0.3) is 0 Å². The highest BCUT2D eigenvalue weighted by Crippen LogP contribution is 2.19. The van der Waals surface area contributed by atoms with Gasteiger partial charge in [-0.15, -0.1) is 0 Å². The van der Waals surface area contributed by atoms with E-state index < -0.39 is 10.8 Å². The number of halogens is 1. The van der Waals surface area contributed by atoms with Crippen LogP contribution in [0.2, 0.25) is 0 Å². The van der Waals surface area contributed by atoms with Crippen LogP contribution < -0.4 is 5.32 Å². The zero-order chi connectivity index (χ0) is 14.9. The van der Waals surface area contributed by atoms with E-state index in [1.807, 2.05) is 0 Å². The lowest BCUT2D eigenvalue weighted by atomic mass is 10.3. The fraction of sp³-hybridized carbons (Fsp3) is 0.167. The number of nitrogens with one attached hydrogen (secondary N) is 1. The Labute approximate surface area is 122 Å². The lowest BCUT2D eigenvalue weighted by molar-refractivity contribution is -0.391. The second-order valence-corrected chi connectivity index (χ2v) is 4.93. The van der Waals surface area contributed by atoms with Crippen molar-refractivity contribution in [3.63, 3.8) is 0 Å². The lowest BCUT2D eigenvalue weighted by Gasteiger charge is -2.07. The third-order valence-electron chi connectivity index (χ3n) is 2.82. The van der Waals surface area contributed by atoms with Crippen molar-refractivity contribution in [2.75, 3.05) is 5.32 Å². The number of pyridine rings is 1. The molecule has 0 atom stereocenters. The number of hydrogen-bond donors (Lipinski definition) is 1. The number of nitro groups is 1. The van der Waals surface area contributed by atoms with E-state index in [2.05, 4.69) is 26.2 Å². The van der Waals surface area contributed by atoms with Crippen LogP contribution in [-0.4, -0.2) is 20.4 Å². The Morgan fingerprint density at radius 1 is 1.40 bits per heavy atom. The van der Waals surface area contributed by atoms with E-state index in [1.165, 1.54) is 23.7 Å². The first-order valence-electron chi connectivity index (χ1n) is 5.64. The average Bonchev–Trinajstić information content (AvgIpc) is 2.74. The first kappa shape index (κ1) is 14.2. The predicted octanol–water partition coefficient (Wildman–Crippen LogP) is 2.65. The third-order valence-corrected chi connectivity index (χ3v) is 3.26. The minimum atomic E-state index is -0.538. The maximum Gasteiger partial charge on any atom is 0.323 e. The van der Waals surface area contributed by atoms with Gasteiger partial charge in [0.2, 0.25) is 0 Å². The summed E-state index contributed by atoms with van der Waals surface area (Å²) in [6, 6.07) is 6.12. The topological polar surface area (TPSA) is 90.1 Å². The minimum Gasteiger partial charge on any atom is -0.358 e. The average molecular weight is 339 g/mol. The molecule has 2 heterocycles. The second-order valence-electron chi connectivity index (χ2n) is 4.11. The molecular formula is C12H11BrN4O3. The molecule has 2 aromatic rings. The number of aromatic nitrogens is 2.